The number of piperidine rings is 1. The van der Waals surface area contributed by atoms with Gasteiger partial charge in [-0.2, -0.15) is 0 Å². The van der Waals surface area contributed by atoms with Crippen LogP contribution in [0.4, 0.5) is 0 Å². The van der Waals surface area contributed by atoms with Crippen LogP contribution in [0.15, 0.2) is 24.3 Å². The normalized spacial score (nSPS) is 15.0. The molecule has 0 spiro atoms. The highest BCUT2D eigenvalue weighted by Gasteiger charge is 2.14. The van der Waals surface area contributed by atoms with Crippen LogP contribution in [0.1, 0.15) is 51.0 Å². The van der Waals surface area contributed by atoms with Gasteiger partial charge in [-0.15, -0.1) is 12.4 Å². The van der Waals surface area contributed by atoms with Gasteiger partial charge in [0, 0.05) is 6.42 Å². The van der Waals surface area contributed by atoms with Crippen LogP contribution in [0.2, 0.25) is 0 Å². The smallest absolute Gasteiger partial charge is 0.220 e. The molecule has 1 heterocycles. The lowest BCUT2D eigenvalue weighted by Crippen LogP contribution is -2.30. The Kier molecular flexibility index (Phi) is 9.80. The quantitative estimate of drug-likeness (QED) is 0.702. The van der Waals surface area contributed by atoms with Gasteiger partial charge < -0.3 is 15.4 Å². The fraction of sp³-hybridized carbons (Fsp3) is 0.632. The van der Waals surface area contributed by atoms with E-state index in [4.69, 9.17) is 4.74 Å². The van der Waals surface area contributed by atoms with Gasteiger partial charge in [0.2, 0.25) is 5.91 Å². The third-order valence-electron chi connectivity index (χ3n) is 4.48. The molecule has 0 bridgehead atoms. The van der Waals surface area contributed by atoms with Crippen LogP contribution in [-0.4, -0.2) is 32.1 Å². The highest BCUT2D eigenvalue weighted by atomic mass is 35.5. The van der Waals surface area contributed by atoms with E-state index in [1.807, 2.05) is 12.1 Å². The molecule has 1 fully saturated rings. The van der Waals surface area contributed by atoms with Crippen molar-refractivity contribution >= 4 is 18.3 Å². The van der Waals surface area contributed by atoms with E-state index in [9.17, 15) is 4.79 Å². The zero-order chi connectivity index (χ0) is 16.5. The molecule has 1 saturated heterocycles. The van der Waals surface area contributed by atoms with Crippen molar-refractivity contribution in [2.24, 2.45) is 5.92 Å². The molecule has 2 rings (SSSR count). The van der Waals surface area contributed by atoms with Gasteiger partial charge in [0.1, 0.15) is 12.4 Å². The summed E-state index contributed by atoms with van der Waals surface area (Å²) in [5.41, 5.74) is 1.31. The molecular weight excluding hydrogens is 324 g/mol. The van der Waals surface area contributed by atoms with Crippen molar-refractivity contribution in [3.63, 3.8) is 0 Å². The average molecular weight is 355 g/mol. The van der Waals surface area contributed by atoms with Crippen LogP contribution in [-0.2, 0) is 4.79 Å². The molecule has 1 aromatic rings. The summed E-state index contributed by atoms with van der Waals surface area (Å²) in [7, 11) is 0. The van der Waals surface area contributed by atoms with E-state index < -0.39 is 0 Å². The van der Waals surface area contributed by atoms with Gasteiger partial charge in [0.15, 0.2) is 0 Å². The number of carbonyl (C=O) groups is 1. The zero-order valence-electron chi connectivity index (χ0n) is 14.8. The van der Waals surface area contributed by atoms with E-state index >= 15 is 0 Å². The molecule has 2 N–H and O–H groups in total. The Bertz CT molecular complexity index is 471. The molecule has 4 nitrogen and oxygen atoms in total. The van der Waals surface area contributed by atoms with Crippen LogP contribution in [0.5, 0.6) is 5.75 Å². The summed E-state index contributed by atoms with van der Waals surface area (Å²) in [4.78, 5) is 11.8. The maximum absolute atomic E-state index is 11.8. The van der Waals surface area contributed by atoms with Gasteiger partial charge >= 0.3 is 0 Å². The zero-order valence-corrected chi connectivity index (χ0v) is 15.7. The highest BCUT2D eigenvalue weighted by molar-refractivity contribution is 5.85. The maximum atomic E-state index is 11.8. The number of halogens is 1. The third-order valence-corrected chi connectivity index (χ3v) is 4.48. The molecule has 1 amide bonds. The molecule has 136 valence electrons. The van der Waals surface area contributed by atoms with E-state index in [1.54, 1.807) is 0 Å². The van der Waals surface area contributed by atoms with Crippen molar-refractivity contribution in [3.8, 4) is 5.75 Å². The predicted molar refractivity (Wildman–Crippen MR) is 101 cm³/mol. The number of carbonyl (C=O) groups excluding carboxylic acids is 1. The van der Waals surface area contributed by atoms with Crippen LogP contribution in [0, 0.1) is 5.92 Å². The van der Waals surface area contributed by atoms with Gasteiger partial charge in [0.05, 0.1) is 6.54 Å². The van der Waals surface area contributed by atoms with Crippen molar-refractivity contribution < 1.29 is 9.53 Å². The lowest BCUT2D eigenvalue weighted by atomic mass is 9.93. The monoisotopic (exact) mass is 354 g/mol. The Morgan fingerprint density at radius 3 is 2.54 bits per heavy atom. The SMILES string of the molecule is CC(C)c1ccc(OCCNC(=O)CCC2CCNCC2)cc1.Cl. The maximum Gasteiger partial charge on any atom is 0.220 e. The predicted octanol–water partition coefficient (Wildman–Crippen LogP) is 3.51. The lowest BCUT2D eigenvalue weighted by molar-refractivity contribution is -0.121. The fourth-order valence-electron chi connectivity index (χ4n) is 2.90. The first-order valence-corrected chi connectivity index (χ1v) is 8.85. The van der Waals surface area contributed by atoms with E-state index in [0.717, 1.165) is 25.3 Å². The Morgan fingerprint density at radius 1 is 1.25 bits per heavy atom. The number of hydrogen-bond acceptors (Lipinski definition) is 3. The summed E-state index contributed by atoms with van der Waals surface area (Å²) in [6.07, 6.45) is 4.03. The van der Waals surface area contributed by atoms with Gasteiger partial charge in [0.25, 0.3) is 0 Å². The minimum absolute atomic E-state index is 0. The largest absolute Gasteiger partial charge is 0.492 e. The number of hydrogen-bond donors (Lipinski definition) is 2. The van der Waals surface area contributed by atoms with E-state index in [1.165, 1.54) is 18.4 Å². The Balaban J connectivity index is 0.00000288. The van der Waals surface area contributed by atoms with Crippen LogP contribution in [0.3, 0.4) is 0 Å². The summed E-state index contributed by atoms with van der Waals surface area (Å²) in [6, 6.07) is 8.18. The molecule has 0 saturated carbocycles. The summed E-state index contributed by atoms with van der Waals surface area (Å²) >= 11 is 0. The van der Waals surface area contributed by atoms with E-state index in [2.05, 4.69) is 36.6 Å². The summed E-state index contributed by atoms with van der Waals surface area (Å²) in [6.45, 7) is 7.62. The number of rotatable bonds is 8. The van der Waals surface area contributed by atoms with Crippen molar-refractivity contribution in [1.82, 2.24) is 10.6 Å². The van der Waals surface area contributed by atoms with Crippen LogP contribution >= 0.6 is 12.4 Å². The molecule has 0 aromatic heterocycles. The number of nitrogens with one attached hydrogen (secondary N) is 2. The molecule has 0 atom stereocenters. The van der Waals surface area contributed by atoms with Crippen LogP contribution < -0.4 is 15.4 Å². The second-order valence-corrected chi connectivity index (χ2v) is 6.65. The first-order chi connectivity index (χ1) is 11.1. The van der Waals surface area contributed by atoms with Crippen molar-refractivity contribution in [1.29, 1.82) is 0 Å². The molecule has 1 aliphatic heterocycles. The minimum atomic E-state index is 0. The van der Waals surface area contributed by atoms with Gasteiger partial charge in [-0.05, 0) is 61.9 Å². The molecule has 24 heavy (non-hydrogen) atoms. The third kappa shape index (κ3) is 7.54. The lowest BCUT2D eigenvalue weighted by Gasteiger charge is -2.22. The van der Waals surface area contributed by atoms with E-state index in [0.29, 0.717) is 31.4 Å². The van der Waals surface area contributed by atoms with Gasteiger partial charge in [-0.25, -0.2) is 0 Å². The molecule has 0 unspecified atom stereocenters. The van der Waals surface area contributed by atoms with E-state index in [-0.39, 0.29) is 18.3 Å². The molecular formula is C19H31ClN2O2. The summed E-state index contributed by atoms with van der Waals surface area (Å²) in [5, 5.41) is 6.29. The Labute approximate surface area is 152 Å². The second kappa shape index (κ2) is 11.3. The molecule has 1 aromatic carbocycles. The molecule has 1 aliphatic rings. The Hall–Kier alpha value is -1.26. The standard InChI is InChI=1S/C19H30N2O2.ClH/c1-15(2)17-4-6-18(7-5-17)23-14-13-21-19(22)8-3-16-9-11-20-12-10-16;/h4-7,15-16,20H,3,8-14H2,1-2H3,(H,21,22);1H. The minimum Gasteiger partial charge on any atom is -0.492 e. The summed E-state index contributed by atoms with van der Waals surface area (Å²) in [5.74, 6) is 2.24. The number of ether oxygens (including phenoxy) is 1. The number of benzene rings is 1. The van der Waals surface area contributed by atoms with Gasteiger partial charge in [-0.1, -0.05) is 26.0 Å². The average Bonchev–Trinajstić information content (AvgIpc) is 2.58. The second-order valence-electron chi connectivity index (χ2n) is 6.65. The Morgan fingerprint density at radius 2 is 1.92 bits per heavy atom. The first-order valence-electron chi connectivity index (χ1n) is 8.85. The van der Waals surface area contributed by atoms with Crippen molar-refractivity contribution in [3.05, 3.63) is 29.8 Å². The van der Waals surface area contributed by atoms with Crippen molar-refractivity contribution in [2.45, 2.75) is 45.4 Å². The number of amides is 1. The molecule has 0 radical (unpaired) electrons. The van der Waals surface area contributed by atoms with Crippen molar-refractivity contribution in [2.75, 3.05) is 26.2 Å². The first kappa shape index (κ1) is 20.8. The topological polar surface area (TPSA) is 50.4 Å². The highest BCUT2D eigenvalue weighted by Crippen LogP contribution is 2.19. The summed E-state index contributed by atoms with van der Waals surface area (Å²) < 4.78 is 5.66. The molecule has 0 aliphatic carbocycles. The van der Waals surface area contributed by atoms with Gasteiger partial charge in [-0.3, -0.25) is 4.79 Å². The molecule has 5 heteroatoms. The fourth-order valence-corrected chi connectivity index (χ4v) is 2.90. The van der Waals surface area contributed by atoms with Crippen LogP contribution in [0.25, 0.3) is 0 Å².